The number of aryl methyl sites for hydroxylation is 2. The topological polar surface area (TPSA) is 464 Å². The van der Waals surface area contributed by atoms with E-state index in [1.54, 1.807) is 11.5 Å². The van der Waals surface area contributed by atoms with Crippen molar-refractivity contribution in [3.05, 3.63) is 63.9 Å². The van der Waals surface area contributed by atoms with E-state index in [0.29, 0.717) is 56.4 Å². The predicted molar refractivity (Wildman–Crippen MR) is 332 cm³/mol. The zero-order chi connectivity index (χ0) is 66.7. The van der Waals surface area contributed by atoms with E-state index < -0.39 is 143 Å². The van der Waals surface area contributed by atoms with Crippen LogP contribution in [0.3, 0.4) is 0 Å². The van der Waals surface area contributed by atoms with Crippen molar-refractivity contribution in [2.24, 2.45) is 89.0 Å². The summed E-state index contributed by atoms with van der Waals surface area (Å²) in [5.74, 6) is -7.54. The fourth-order valence-electron chi connectivity index (χ4n) is 15.4. The number of aliphatic hydroxyl groups is 2. The number of hydrogen-bond donors (Lipinski definition) is 11. The molecule has 6 amide bonds. The molecule has 8 rings (SSSR count). The molecule has 0 aliphatic carbocycles. The third-order valence-corrected chi connectivity index (χ3v) is 21.7. The molecule has 16 N–H and O–H groups in total. The smallest absolute Gasteiger partial charge is 0.472 e. The highest BCUT2D eigenvalue weighted by Crippen LogP contribution is 2.63. The van der Waals surface area contributed by atoms with Gasteiger partial charge in [0.25, 0.3) is 0 Å². The Hall–Kier alpha value is -7.00. The van der Waals surface area contributed by atoms with Crippen LogP contribution in [0.4, 0.5) is 0 Å². The van der Waals surface area contributed by atoms with Crippen molar-refractivity contribution in [2.75, 3.05) is 13.2 Å². The van der Waals surface area contributed by atoms with E-state index in [1.165, 1.54) is 13.3 Å². The molecule has 28 heteroatoms. The van der Waals surface area contributed by atoms with Crippen LogP contribution in [0.5, 0.6) is 0 Å². The Kier molecular flexibility index (Phi) is 19.6. The summed E-state index contributed by atoms with van der Waals surface area (Å²) in [4.78, 5) is 113. The number of aromatic nitrogens is 2. The van der Waals surface area contributed by atoms with Crippen molar-refractivity contribution in [3.63, 3.8) is 0 Å². The number of benzene rings is 1. The summed E-state index contributed by atoms with van der Waals surface area (Å²) in [6, 6.07) is 2.69. The zero-order valence-corrected chi connectivity index (χ0v) is 54.1. The highest BCUT2D eigenvalue weighted by atomic mass is 31.2. The maximum atomic E-state index is 14.4. The van der Waals surface area contributed by atoms with Gasteiger partial charge in [-0.05, 0) is 120 Å². The molecule has 2 fully saturated rings. The van der Waals surface area contributed by atoms with Crippen LogP contribution < -0.4 is 44.4 Å². The average molecular weight is 1270 g/mol. The number of rotatable bonds is 26. The fraction of sp³-hybridized carbons (Fsp3) is 0.629. The number of allylic oxidation sites excluding steroid dienone is 6. The minimum Gasteiger partial charge on any atom is -0.862 e. The largest absolute Gasteiger partial charge is 0.862 e. The lowest BCUT2D eigenvalue weighted by Crippen LogP contribution is -2.56. The maximum Gasteiger partial charge on any atom is 0.472 e. The van der Waals surface area contributed by atoms with Gasteiger partial charge in [-0.2, -0.15) is 0 Å². The second kappa shape index (κ2) is 25.6. The van der Waals surface area contributed by atoms with Crippen LogP contribution in [0.2, 0.25) is 0 Å². The Morgan fingerprint density at radius 2 is 1.48 bits per heavy atom. The molecule has 0 spiro atoms. The summed E-state index contributed by atoms with van der Waals surface area (Å²) in [5.41, 5.74) is 31.3. The van der Waals surface area contributed by atoms with Crippen molar-refractivity contribution >= 4 is 77.3 Å². The highest BCUT2D eigenvalue weighted by molar-refractivity contribution is 7.47. The third-order valence-electron chi connectivity index (χ3n) is 20.6. The number of fused-ring (bicyclic) bond motifs is 7. The van der Waals surface area contributed by atoms with Crippen LogP contribution in [0.15, 0.2) is 67.8 Å². The van der Waals surface area contributed by atoms with E-state index in [2.05, 4.69) is 15.6 Å². The number of aliphatic imine (C=N–C) groups is 3. The number of nitrogens with one attached hydrogen (secondary N) is 3. The Labute approximate surface area is 523 Å². The van der Waals surface area contributed by atoms with E-state index in [9.17, 15) is 53.5 Å². The second-order valence-corrected chi connectivity index (χ2v) is 28.4. The van der Waals surface area contributed by atoms with Gasteiger partial charge in [-0.15, -0.1) is 0 Å². The fourth-order valence-corrected chi connectivity index (χ4v) is 16.6. The predicted octanol–water partition coefficient (Wildman–Crippen LogP) is 3.02. The van der Waals surface area contributed by atoms with Gasteiger partial charge in [0.1, 0.15) is 18.3 Å². The number of phosphoric acid groups is 1. The monoisotopic (exact) mass is 1270 g/mol. The van der Waals surface area contributed by atoms with Crippen molar-refractivity contribution < 1.29 is 67.3 Å². The summed E-state index contributed by atoms with van der Waals surface area (Å²) in [6.07, 6.45) is -4.54. The van der Waals surface area contributed by atoms with Crippen molar-refractivity contribution in [2.45, 2.75) is 189 Å². The minimum absolute atomic E-state index is 0.0165. The minimum atomic E-state index is -5.07. The van der Waals surface area contributed by atoms with Crippen molar-refractivity contribution in [3.8, 4) is 0 Å². The molecular weight excluding hydrogens is 1180 g/mol. The molecule has 8 bridgehead atoms. The quantitative estimate of drug-likeness (QED) is 0.0366. The van der Waals surface area contributed by atoms with Gasteiger partial charge in [0.05, 0.1) is 41.7 Å². The molecule has 15 atom stereocenters. The molecule has 0 radical (unpaired) electrons. The molecule has 2 aromatic rings. The molecule has 2 saturated heterocycles. The molecule has 11 unspecified atom stereocenters. The molecule has 90 heavy (non-hydrogen) atoms. The second-order valence-electron chi connectivity index (χ2n) is 27.0. The number of nitrogens with zero attached hydrogens (tertiary/aromatic N) is 5. The normalized spacial score (nSPS) is 32.8. The number of carbonyl (C=O) groups excluding carboxylic acids is 6. The molecule has 0 saturated carbocycles. The van der Waals surface area contributed by atoms with Crippen LogP contribution in [-0.2, 0) is 47.1 Å². The number of carbonyl (C=O) groups is 6. The Bertz CT molecular complexity index is 3540. The van der Waals surface area contributed by atoms with Crippen LogP contribution in [-0.4, -0.2) is 132 Å². The van der Waals surface area contributed by atoms with Gasteiger partial charge in [0, 0.05) is 125 Å². The van der Waals surface area contributed by atoms with Gasteiger partial charge in [0.2, 0.25) is 35.4 Å². The molecule has 6 aliphatic rings. The first kappa shape index (κ1) is 68.9. The highest BCUT2D eigenvalue weighted by Gasteiger charge is 2.66. The first-order valence-electron chi connectivity index (χ1n) is 30.5. The van der Waals surface area contributed by atoms with Gasteiger partial charge in [-0.25, -0.2) is 9.55 Å². The zero-order valence-electron chi connectivity index (χ0n) is 53.2. The molecule has 6 aliphatic heterocycles. The lowest BCUT2D eigenvalue weighted by molar-refractivity contribution is -0.220. The van der Waals surface area contributed by atoms with Gasteiger partial charge >= 0.3 is 7.82 Å². The number of primary amides is 5. The summed E-state index contributed by atoms with van der Waals surface area (Å²) < 4.78 is 32.3. The molecular formula is C62H89N13O14P-. The molecule has 27 nitrogen and oxygen atoms in total. The molecule has 1 aromatic heterocycles. The van der Waals surface area contributed by atoms with E-state index in [-0.39, 0.29) is 77.2 Å². The number of hydrogen-bond acceptors (Lipinski definition) is 19. The average Bonchev–Trinajstić information content (AvgIpc) is 1.53. The SMILES string of the molecule is CC1=C2N=C(C=C3N/C(=C(/C)C4=NC(C)(C5N=C1C(C)(CCC(=O)NCC(C)OP(=O)(O)O[C@H]1[C@@H](O)[C@H](n6cnc7cc(C)c(C)cc76)O[C@@H]1CO)C5CC(N)=O)C(C)(CC(N)=O)C4CCC(N)=O)C(C)(CC(N)=O)C3CCC(=N)[O-])C(C)(C)C2CCC(N)=O. The van der Waals surface area contributed by atoms with Crippen LogP contribution in [0.25, 0.3) is 11.0 Å². The molecule has 492 valence electrons. The van der Waals surface area contributed by atoms with Gasteiger partial charge < -0.3 is 74.2 Å². The number of aliphatic hydroxyl groups excluding tert-OH is 2. The van der Waals surface area contributed by atoms with E-state index in [4.69, 9.17) is 62.8 Å². The molecule has 1 aromatic carbocycles. The first-order chi connectivity index (χ1) is 41.8. The van der Waals surface area contributed by atoms with Crippen LogP contribution in [0, 0.1) is 64.6 Å². The Morgan fingerprint density at radius 3 is 2.08 bits per heavy atom. The first-order valence-corrected chi connectivity index (χ1v) is 32.0. The van der Waals surface area contributed by atoms with E-state index in [1.807, 2.05) is 80.5 Å². The lowest BCUT2D eigenvalue weighted by atomic mass is 9.55. The summed E-state index contributed by atoms with van der Waals surface area (Å²) in [7, 11) is -5.07. The van der Waals surface area contributed by atoms with Crippen molar-refractivity contribution in [1.29, 1.82) is 5.41 Å². The third kappa shape index (κ3) is 13.0. The maximum absolute atomic E-state index is 14.4. The number of imidazole rings is 1. The number of nitrogens with two attached hydrogens (primary N) is 5. The summed E-state index contributed by atoms with van der Waals surface area (Å²) in [6.45, 7) is 19.2. The summed E-state index contributed by atoms with van der Waals surface area (Å²) in [5, 5.41) is 48.7. The standard InChI is InChI=1S/C62H90N13O14P/c1-29-20-39-40(21-30(29)2)75(28-70-39)57-52(84)53(41(27-76)87-57)89-90(85,86)88-31(3)26-69-49(83)18-19-59(8)37(22-46(66)80)56-62(11)61(10,25-48(68)82)36(14-17-45(65)79)51(74-62)33(5)55-60(9,24-47(67)81)34(12-15-43(63)77)38(71-55)23-42-58(6,7)35(13-16-44(64)78)50(72-42)32(4)54(59)73-56/h20-21,23,28,31,34-37,41,52-53,56-57,71,76,84H,12-19,22,24-27H2,1-11H3,(H2,63,77)(H2,64,78)(H2,65,79)(H2,66,80)(H2,67,81)(H2,68,82)(H,69,83)(H,85,86)/p-1/b38-23?,50-32?,55-33-/t31?,34?,35?,36?,37?,41-,52-,53-,56?,57-,59?,60?,61?,62?/m1/s1. The number of phosphoric ester groups is 1. The molecule has 7 heterocycles. The lowest BCUT2D eigenvalue weighted by Gasteiger charge is -2.48. The van der Waals surface area contributed by atoms with E-state index in [0.717, 1.165) is 11.1 Å². The Balaban J connectivity index is 1.19. The van der Waals surface area contributed by atoms with Gasteiger partial charge in [0.15, 0.2) is 6.23 Å². The number of ether oxygens (including phenoxy) is 1. The van der Waals surface area contributed by atoms with Gasteiger partial charge in [-0.3, -0.25) is 52.8 Å². The summed E-state index contributed by atoms with van der Waals surface area (Å²) >= 11 is 0. The van der Waals surface area contributed by atoms with Crippen LogP contribution in [0.1, 0.15) is 150 Å². The van der Waals surface area contributed by atoms with E-state index >= 15 is 0 Å². The van der Waals surface area contributed by atoms with Gasteiger partial charge in [-0.1, -0.05) is 34.6 Å². The van der Waals surface area contributed by atoms with Crippen molar-refractivity contribution in [1.82, 2.24) is 20.2 Å². The Morgan fingerprint density at radius 1 is 0.856 bits per heavy atom. The van der Waals surface area contributed by atoms with Crippen LogP contribution >= 0.6 is 7.82 Å². The number of amides is 6.